The lowest BCUT2D eigenvalue weighted by atomic mass is 9.84. The van der Waals surface area contributed by atoms with Gasteiger partial charge in [-0.15, -0.1) is 0 Å². The van der Waals surface area contributed by atoms with Crippen molar-refractivity contribution in [3.05, 3.63) is 23.3 Å². The largest absolute Gasteiger partial charge is 0.458 e. The lowest BCUT2D eigenvalue weighted by Gasteiger charge is -2.30. The van der Waals surface area contributed by atoms with Crippen molar-refractivity contribution in [1.82, 2.24) is 4.90 Å². The predicted octanol–water partition coefficient (Wildman–Crippen LogP) is 4.10. The number of hydrogen-bond acceptors (Lipinski definition) is 3. The van der Waals surface area contributed by atoms with E-state index in [1.807, 2.05) is 0 Å². The molecule has 2 saturated heterocycles. The first-order chi connectivity index (χ1) is 11.1. The molecule has 128 valence electrons. The molecule has 0 aromatic carbocycles. The first-order valence-corrected chi connectivity index (χ1v) is 9.39. The van der Waals surface area contributed by atoms with E-state index in [9.17, 15) is 4.79 Å². The Morgan fingerprint density at radius 3 is 2.65 bits per heavy atom. The van der Waals surface area contributed by atoms with Crippen LogP contribution in [0.1, 0.15) is 58.8 Å². The molecular weight excluding hydrogens is 286 g/mol. The molecule has 2 aliphatic heterocycles. The Labute approximate surface area is 140 Å². The van der Waals surface area contributed by atoms with Gasteiger partial charge >= 0.3 is 5.97 Å². The first kappa shape index (κ1) is 16.8. The highest BCUT2D eigenvalue weighted by Gasteiger charge is 2.43. The monoisotopic (exact) mass is 317 g/mol. The molecule has 3 aliphatic rings. The van der Waals surface area contributed by atoms with Crippen molar-refractivity contribution >= 4 is 5.97 Å². The maximum absolute atomic E-state index is 12.5. The van der Waals surface area contributed by atoms with Crippen molar-refractivity contribution in [2.45, 2.75) is 64.9 Å². The molecule has 2 fully saturated rings. The normalized spacial score (nSPS) is 38.0. The molecule has 2 heterocycles. The smallest absolute Gasteiger partial charge is 0.311 e. The maximum Gasteiger partial charge on any atom is 0.311 e. The average molecular weight is 317 g/mol. The zero-order chi connectivity index (χ0) is 16.2. The average Bonchev–Trinajstić information content (AvgIpc) is 2.82. The summed E-state index contributed by atoms with van der Waals surface area (Å²) in [6.45, 7) is 7.60. The van der Waals surface area contributed by atoms with Crippen LogP contribution >= 0.6 is 0 Å². The van der Waals surface area contributed by atoms with Gasteiger partial charge < -0.3 is 9.64 Å². The minimum Gasteiger partial charge on any atom is -0.458 e. The maximum atomic E-state index is 12.5. The number of likely N-dealkylation sites (tertiary alicyclic amines) is 1. The minimum atomic E-state index is 0.00379. The summed E-state index contributed by atoms with van der Waals surface area (Å²) < 4.78 is 5.79. The summed E-state index contributed by atoms with van der Waals surface area (Å²) in [6, 6.07) is 0. The van der Waals surface area contributed by atoms with E-state index in [1.54, 1.807) is 0 Å². The highest BCUT2D eigenvalue weighted by Crippen LogP contribution is 2.36. The van der Waals surface area contributed by atoms with E-state index < -0.39 is 0 Å². The second kappa shape index (κ2) is 7.65. The van der Waals surface area contributed by atoms with Crippen molar-refractivity contribution in [3.63, 3.8) is 0 Å². The molecule has 1 aliphatic carbocycles. The lowest BCUT2D eigenvalue weighted by molar-refractivity contribution is -0.143. The Morgan fingerprint density at radius 1 is 1.13 bits per heavy atom. The Balaban J connectivity index is 1.73. The molecule has 0 aromatic heterocycles. The van der Waals surface area contributed by atoms with Crippen LogP contribution in [-0.2, 0) is 9.53 Å². The lowest BCUT2D eigenvalue weighted by Crippen LogP contribution is -2.38. The van der Waals surface area contributed by atoms with E-state index >= 15 is 0 Å². The first-order valence-electron chi connectivity index (χ1n) is 9.39. The zero-order valence-corrected chi connectivity index (χ0v) is 14.7. The summed E-state index contributed by atoms with van der Waals surface area (Å²) in [5, 5.41) is 0. The summed E-state index contributed by atoms with van der Waals surface area (Å²) >= 11 is 0. The van der Waals surface area contributed by atoms with E-state index in [0.29, 0.717) is 5.92 Å². The third-order valence-electron chi connectivity index (χ3n) is 5.75. The van der Waals surface area contributed by atoms with Crippen molar-refractivity contribution in [1.29, 1.82) is 0 Å². The van der Waals surface area contributed by atoms with Gasteiger partial charge in [-0.2, -0.15) is 0 Å². The number of ether oxygens (including phenoxy) is 1. The molecule has 23 heavy (non-hydrogen) atoms. The van der Waals surface area contributed by atoms with Gasteiger partial charge in [-0.25, -0.2) is 0 Å². The molecule has 3 nitrogen and oxygen atoms in total. The van der Waals surface area contributed by atoms with Gasteiger partial charge in [0.25, 0.3) is 0 Å². The number of hydrogen-bond donors (Lipinski definition) is 0. The topological polar surface area (TPSA) is 29.5 Å². The van der Waals surface area contributed by atoms with Gasteiger partial charge in [0, 0.05) is 12.5 Å². The Kier molecular flexibility index (Phi) is 5.58. The summed E-state index contributed by atoms with van der Waals surface area (Å²) in [4.78, 5) is 15.0. The Bertz CT molecular complexity index is 488. The van der Waals surface area contributed by atoms with E-state index in [2.05, 4.69) is 30.9 Å². The van der Waals surface area contributed by atoms with Gasteiger partial charge in [0.2, 0.25) is 0 Å². The van der Waals surface area contributed by atoms with Crippen LogP contribution in [0.3, 0.4) is 0 Å². The number of esters is 1. The summed E-state index contributed by atoms with van der Waals surface area (Å²) in [5.74, 6) is 0.450. The molecule has 3 atom stereocenters. The molecule has 0 amide bonds. The third-order valence-corrected chi connectivity index (χ3v) is 5.75. The van der Waals surface area contributed by atoms with Crippen LogP contribution in [-0.4, -0.2) is 36.6 Å². The van der Waals surface area contributed by atoms with E-state index in [4.69, 9.17) is 4.74 Å². The van der Waals surface area contributed by atoms with Crippen LogP contribution in [0.2, 0.25) is 0 Å². The molecule has 0 unspecified atom stereocenters. The van der Waals surface area contributed by atoms with Gasteiger partial charge in [0.05, 0.1) is 5.92 Å². The molecule has 3 heteroatoms. The van der Waals surface area contributed by atoms with Crippen LogP contribution in [0.5, 0.6) is 0 Å². The van der Waals surface area contributed by atoms with Gasteiger partial charge in [-0.05, 0) is 71.5 Å². The molecule has 0 spiro atoms. The van der Waals surface area contributed by atoms with Gasteiger partial charge in [-0.1, -0.05) is 23.6 Å². The molecular formula is C20H31NO2. The van der Waals surface area contributed by atoms with Crippen molar-refractivity contribution in [3.8, 4) is 0 Å². The Hall–Kier alpha value is -1.09. The molecule has 3 rings (SSSR count). The number of piperidine rings is 1. The highest BCUT2D eigenvalue weighted by molar-refractivity contribution is 5.76. The van der Waals surface area contributed by atoms with Crippen molar-refractivity contribution in [2.75, 3.05) is 19.6 Å². The van der Waals surface area contributed by atoms with Crippen LogP contribution in [0.25, 0.3) is 0 Å². The fourth-order valence-corrected chi connectivity index (χ4v) is 4.25. The highest BCUT2D eigenvalue weighted by atomic mass is 16.6. The fraction of sp³-hybridized carbons (Fsp3) is 0.750. The quantitative estimate of drug-likeness (QED) is 0.567. The number of rotatable bonds is 2. The van der Waals surface area contributed by atoms with Crippen LogP contribution in [0, 0.1) is 11.8 Å². The second-order valence-electron chi connectivity index (χ2n) is 7.67. The number of carbonyl (C=O) groups is 1. The van der Waals surface area contributed by atoms with E-state index in [0.717, 1.165) is 45.3 Å². The predicted molar refractivity (Wildman–Crippen MR) is 93.1 cm³/mol. The summed E-state index contributed by atoms with van der Waals surface area (Å²) in [7, 11) is 0. The number of nitrogens with zero attached hydrogens (tertiary/aromatic N) is 1. The zero-order valence-electron chi connectivity index (χ0n) is 14.7. The molecule has 0 radical (unpaired) electrons. The SMILES string of the molecule is C/C1=C/CC[C@@H]2[C@H](/C=C(/C)CC1)OC(=O)[C@@H]2CN1CCCCC1. The van der Waals surface area contributed by atoms with E-state index in [1.165, 1.54) is 30.4 Å². The van der Waals surface area contributed by atoms with Crippen molar-refractivity contribution in [2.24, 2.45) is 11.8 Å². The summed E-state index contributed by atoms with van der Waals surface area (Å²) in [5.41, 5.74) is 2.84. The third kappa shape index (κ3) is 4.26. The number of carbonyl (C=O) groups excluding carboxylic acids is 1. The molecule has 0 bridgehead atoms. The van der Waals surface area contributed by atoms with Crippen LogP contribution in [0.15, 0.2) is 23.3 Å². The van der Waals surface area contributed by atoms with Crippen LogP contribution < -0.4 is 0 Å². The van der Waals surface area contributed by atoms with Gasteiger partial charge in [-0.3, -0.25) is 4.79 Å². The van der Waals surface area contributed by atoms with E-state index in [-0.39, 0.29) is 18.0 Å². The summed E-state index contributed by atoms with van der Waals surface area (Å²) in [6.07, 6.45) is 12.8. The van der Waals surface area contributed by atoms with Crippen LogP contribution in [0.4, 0.5) is 0 Å². The van der Waals surface area contributed by atoms with Gasteiger partial charge in [0.1, 0.15) is 6.10 Å². The van der Waals surface area contributed by atoms with Gasteiger partial charge in [0.15, 0.2) is 0 Å². The molecule has 0 saturated carbocycles. The fourth-order valence-electron chi connectivity index (χ4n) is 4.25. The minimum absolute atomic E-state index is 0.00379. The molecule has 0 N–H and O–H groups in total. The number of allylic oxidation sites excluding steroid dienone is 3. The number of fused-ring (bicyclic) bond motifs is 1. The molecule has 0 aromatic rings. The second-order valence-corrected chi connectivity index (χ2v) is 7.67. The van der Waals surface area contributed by atoms with Crippen molar-refractivity contribution < 1.29 is 9.53 Å². The Morgan fingerprint density at radius 2 is 1.87 bits per heavy atom. The standard InChI is InChI=1S/C20H31NO2/c1-15-7-6-8-17-18(14-21-11-4-3-5-12-21)20(22)23-19(17)13-16(2)10-9-15/h7,13,17-19H,3-6,8-12,14H2,1-2H3/b15-7-,16-13-/t17-,18+,19-/m0/s1.